The topological polar surface area (TPSA) is 100 Å². The predicted octanol–water partition coefficient (Wildman–Crippen LogP) is 3.64. The first-order valence-electron chi connectivity index (χ1n) is 11.3. The van der Waals surface area contributed by atoms with Crippen LogP contribution in [0, 0.1) is 0 Å². The molecule has 0 saturated carbocycles. The van der Waals surface area contributed by atoms with Crippen LogP contribution in [0.25, 0.3) is 10.9 Å². The molecular formula is C25H34N4O4. The van der Waals surface area contributed by atoms with Crippen molar-refractivity contribution in [3.05, 3.63) is 59.4 Å². The second-order valence-electron chi connectivity index (χ2n) is 7.99. The molecule has 1 aliphatic rings. The van der Waals surface area contributed by atoms with Crippen molar-refractivity contribution in [1.29, 1.82) is 0 Å². The summed E-state index contributed by atoms with van der Waals surface area (Å²) in [6.45, 7) is 5.59. The normalized spacial score (nSPS) is 14.0. The zero-order chi connectivity index (χ0) is 23.8. The first kappa shape index (κ1) is 24.2. The number of hydrogen-bond acceptors (Lipinski definition) is 7. The molecule has 2 aromatic rings. The van der Waals surface area contributed by atoms with Crippen molar-refractivity contribution >= 4 is 22.8 Å². The number of carbonyl (C=O) groups is 1. The molecular weight excluding hydrogens is 420 g/mol. The fraction of sp³-hybridized carbons (Fsp3) is 0.440. The van der Waals surface area contributed by atoms with Crippen molar-refractivity contribution in [2.75, 3.05) is 27.9 Å². The monoisotopic (exact) mass is 454 g/mol. The number of aromatic nitrogens is 1. The Morgan fingerprint density at radius 1 is 1.18 bits per heavy atom. The van der Waals surface area contributed by atoms with Gasteiger partial charge in [-0.2, -0.15) is 4.99 Å². The van der Waals surface area contributed by atoms with Gasteiger partial charge in [-0.05, 0) is 62.3 Å². The Bertz CT molecular complexity index is 1070. The number of ether oxygens (including phenoxy) is 3. The summed E-state index contributed by atoms with van der Waals surface area (Å²) in [7, 11) is 4.42. The van der Waals surface area contributed by atoms with Crippen molar-refractivity contribution in [3.63, 3.8) is 0 Å². The SMILES string of the molecule is C=C(/N=C(\C=C(/N)OC)OC)NCCCCn1c2c(c3cc(C(=O)OC)ccc31)CCCC2. The number of aliphatic imine (C=N–C) groups is 1. The molecule has 0 amide bonds. The zero-order valence-electron chi connectivity index (χ0n) is 19.8. The predicted molar refractivity (Wildman–Crippen MR) is 130 cm³/mol. The lowest BCUT2D eigenvalue weighted by atomic mass is 9.95. The number of nitrogens with zero attached hydrogens (tertiary/aromatic N) is 2. The van der Waals surface area contributed by atoms with Crippen LogP contribution in [-0.2, 0) is 33.6 Å². The molecule has 1 heterocycles. The first-order valence-corrected chi connectivity index (χ1v) is 11.3. The molecule has 0 bridgehead atoms. The third-order valence-electron chi connectivity index (χ3n) is 5.89. The fourth-order valence-corrected chi connectivity index (χ4v) is 4.25. The Morgan fingerprint density at radius 2 is 1.97 bits per heavy atom. The van der Waals surface area contributed by atoms with Crippen LogP contribution in [-0.4, -0.2) is 44.3 Å². The molecule has 0 fully saturated rings. The number of nitrogens with two attached hydrogens (primary N) is 1. The van der Waals surface area contributed by atoms with Gasteiger partial charge in [0.1, 0.15) is 5.82 Å². The minimum atomic E-state index is -0.291. The number of benzene rings is 1. The van der Waals surface area contributed by atoms with Crippen molar-refractivity contribution in [3.8, 4) is 0 Å². The summed E-state index contributed by atoms with van der Waals surface area (Å²) in [5.41, 5.74) is 10.2. The molecule has 33 heavy (non-hydrogen) atoms. The van der Waals surface area contributed by atoms with Gasteiger partial charge in [-0.25, -0.2) is 4.79 Å². The number of aryl methyl sites for hydroxylation is 2. The Balaban J connectivity index is 1.62. The largest absolute Gasteiger partial charge is 0.483 e. The van der Waals surface area contributed by atoms with Gasteiger partial charge in [-0.3, -0.25) is 0 Å². The van der Waals surface area contributed by atoms with E-state index in [-0.39, 0.29) is 11.9 Å². The van der Waals surface area contributed by atoms with E-state index in [1.165, 1.54) is 62.4 Å². The standard InChI is InChI=1S/C25H34N4O4/c1-17(28-24(32-3)16-23(26)31-2)27-13-7-8-14-29-21-10-6-5-9-19(21)20-15-18(25(30)33-4)11-12-22(20)29/h11-12,15-16,27H,1,5-10,13-14,26H2,2-4H3/b23-16+,28-24+. The van der Waals surface area contributed by atoms with Crippen LogP contribution in [0.5, 0.6) is 0 Å². The van der Waals surface area contributed by atoms with E-state index in [1.807, 2.05) is 12.1 Å². The molecule has 0 atom stereocenters. The average Bonchev–Trinajstić information content (AvgIpc) is 3.15. The molecule has 3 rings (SSSR count). The Hall–Kier alpha value is -3.42. The van der Waals surface area contributed by atoms with E-state index in [4.69, 9.17) is 19.9 Å². The van der Waals surface area contributed by atoms with Crippen LogP contribution < -0.4 is 11.1 Å². The van der Waals surface area contributed by atoms with Crippen LogP contribution in [0.3, 0.4) is 0 Å². The van der Waals surface area contributed by atoms with Crippen LogP contribution >= 0.6 is 0 Å². The lowest BCUT2D eigenvalue weighted by Gasteiger charge is -2.16. The smallest absolute Gasteiger partial charge is 0.337 e. The average molecular weight is 455 g/mol. The number of rotatable bonds is 10. The molecule has 0 unspecified atom stereocenters. The van der Waals surface area contributed by atoms with Crippen molar-refractivity contribution in [1.82, 2.24) is 9.88 Å². The summed E-state index contributed by atoms with van der Waals surface area (Å²) < 4.78 is 17.4. The highest BCUT2D eigenvalue weighted by Gasteiger charge is 2.21. The van der Waals surface area contributed by atoms with Gasteiger partial charge in [-0.1, -0.05) is 6.58 Å². The van der Waals surface area contributed by atoms with Crippen LogP contribution in [0.1, 0.15) is 47.3 Å². The minimum Gasteiger partial charge on any atom is -0.483 e. The van der Waals surface area contributed by atoms with Gasteiger partial charge in [0, 0.05) is 29.7 Å². The van der Waals surface area contributed by atoms with E-state index in [0.29, 0.717) is 17.3 Å². The van der Waals surface area contributed by atoms with E-state index in [1.54, 1.807) is 0 Å². The second-order valence-corrected chi connectivity index (χ2v) is 7.99. The molecule has 8 heteroatoms. The second kappa shape index (κ2) is 11.4. The summed E-state index contributed by atoms with van der Waals surface area (Å²) >= 11 is 0. The van der Waals surface area contributed by atoms with Gasteiger partial charge in [-0.15, -0.1) is 0 Å². The minimum absolute atomic E-state index is 0.212. The molecule has 0 radical (unpaired) electrons. The van der Waals surface area contributed by atoms with Gasteiger partial charge in [0.25, 0.3) is 0 Å². The van der Waals surface area contributed by atoms with E-state index in [0.717, 1.165) is 38.8 Å². The van der Waals surface area contributed by atoms with E-state index in [2.05, 4.69) is 27.5 Å². The van der Waals surface area contributed by atoms with Crippen molar-refractivity contribution in [2.45, 2.75) is 45.1 Å². The summed E-state index contributed by atoms with van der Waals surface area (Å²) in [6.07, 6.45) is 8.01. The number of hydrogen-bond donors (Lipinski definition) is 2. The first-order chi connectivity index (χ1) is 16.0. The Labute approximate surface area is 195 Å². The summed E-state index contributed by atoms with van der Waals surface area (Å²) in [5.74, 6) is 0.749. The lowest BCUT2D eigenvalue weighted by molar-refractivity contribution is 0.0601. The third-order valence-corrected chi connectivity index (χ3v) is 5.89. The summed E-state index contributed by atoms with van der Waals surface area (Å²) in [4.78, 5) is 16.3. The van der Waals surface area contributed by atoms with Gasteiger partial charge in [0.15, 0.2) is 5.88 Å². The Kier molecular flexibility index (Phi) is 8.40. The number of fused-ring (bicyclic) bond motifs is 3. The molecule has 1 aromatic heterocycles. The van der Waals surface area contributed by atoms with Crippen molar-refractivity contribution in [2.24, 2.45) is 10.7 Å². The van der Waals surface area contributed by atoms with E-state index >= 15 is 0 Å². The highest BCUT2D eigenvalue weighted by atomic mass is 16.5. The van der Waals surface area contributed by atoms with Crippen LogP contribution in [0.4, 0.5) is 0 Å². The van der Waals surface area contributed by atoms with E-state index in [9.17, 15) is 4.79 Å². The number of esters is 1. The zero-order valence-corrected chi connectivity index (χ0v) is 19.8. The molecule has 1 aliphatic carbocycles. The lowest BCUT2D eigenvalue weighted by Crippen LogP contribution is -2.16. The van der Waals surface area contributed by atoms with Crippen LogP contribution in [0.2, 0.25) is 0 Å². The maximum atomic E-state index is 12.0. The highest BCUT2D eigenvalue weighted by Crippen LogP contribution is 2.33. The Morgan fingerprint density at radius 3 is 2.70 bits per heavy atom. The number of carbonyl (C=O) groups excluding carboxylic acids is 1. The maximum Gasteiger partial charge on any atom is 0.337 e. The van der Waals surface area contributed by atoms with Crippen molar-refractivity contribution < 1.29 is 19.0 Å². The van der Waals surface area contributed by atoms with Gasteiger partial charge in [0.2, 0.25) is 5.90 Å². The molecule has 0 aliphatic heterocycles. The number of unbranched alkanes of at least 4 members (excludes halogenated alkanes) is 1. The van der Waals surface area contributed by atoms with E-state index < -0.39 is 0 Å². The number of methoxy groups -OCH3 is 3. The molecule has 178 valence electrons. The molecule has 0 spiro atoms. The van der Waals surface area contributed by atoms with Gasteiger partial charge in [0.05, 0.1) is 33.0 Å². The summed E-state index contributed by atoms with van der Waals surface area (Å²) in [6, 6.07) is 5.90. The maximum absolute atomic E-state index is 12.0. The molecule has 8 nitrogen and oxygen atoms in total. The number of nitrogens with one attached hydrogen (secondary N) is 1. The third kappa shape index (κ3) is 5.88. The molecule has 3 N–H and O–H groups in total. The van der Waals surface area contributed by atoms with Gasteiger partial charge >= 0.3 is 5.97 Å². The fourth-order valence-electron chi connectivity index (χ4n) is 4.25. The van der Waals surface area contributed by atoms with Crippen LogP contribution in [0.15, 0.2) is 47.6 Å². The van der Waals surface area contributed by atoms with Gasteiger partial charge < -0.3 is 29.8 Å². The molecule has 0 saturated heterocycles. The summed E-state index contributed by atoms with van der Waals surface area (Å²) in [5, 5.41) is 4.40. The highest BCUT2D eigenvalue weighted by molar-refractivity contribution is 5.96. The quantitative estimate of drug-likeness (QED) is 0.187. The molecule has 1 aromatic carbocycles.